The molecule has 0 N–H and O–H groups in total. The van der Waals surface area contributed by atoms with Crippen LogP contribution in [0.4, 0.5) is 11.4 Å². The fourth-order valence-corrected chi connectivity index (χ4v) is 4.50. The van der Waals surface area contributed by atoms with Crippen molar-refractivity contribution in [1.29, 1.82) is 0 Å². The van der Waals surface area contributed by atoms with Crippen molar-refractivity contribution in [2.45, 2.75) is 13.3 Å². The summed E-state index contributed by atoms with van der Waals surface area (Å²) in [6.07, 6.45) is 3.90. The van der Waals surface area contributed by atoms with Crippen molar-refractivity contribution in [2.24, 2.45) is 17.8 Å². The standard InChI is InChI=1S/C24H20N4O8/c1-14-4-2-7-19-21(14)24(32)26(23(19)31)25(22(30)15-8-10-17(11-9-15)27(33)34)13-20(29)16-5-3-6-18(12-16)28(35)36/h2-6,8-12,14,19,21H,7,13H2,1H3/t14-,19+,21+/m1/s1. The Morgan fingerprint density at radius 1 is 0.972 bits per heavy atom. The number of hydrogen-bond donors (Lipinski definition) is 0. The number of fused-ring (bicyclic) bond motifs is 1. The monoisotopic (exact) mass is 492 g/mol. The molecule has 1 heterocycles. The molecule has 3 amide bonds. The smallest absolute Gasteiger partial charge is 0.273 e. The highest BCUT2D eigenvalue weighted by Crippen LogP contribution is 2.39. The molecule has 0 saturated carbocycles. The minimum Gasteiger partial charge on any atom is -0.292 e. The fraction of sp³-hybridized carbons (Fsp3) is 0.250. The highest BCUT2D eigenvalue weighted by Gasteiger charge is 2.53. The number of amides is 3. The SMILES string of the molecule is C[C@@H]1C=CC[C@@H]2C(=O)N(N(CC(=O)c3cccc([N+](=O)[O-])c3)C(=O)c3ccc([N+](=O)[O-])cc3)C(=O)[C@@H]12. The lowest BCUT2D eigenvalue weighted by Crippen LogP contribution is -2.52. The second-order valence-corrected chi connectivity index (χ2v) is 8.54. The van der Waals surface area contributed by atoms with Gasteiger partial charge in [0.1, 0.15) is 6.54 Å². The third-order valence-electron chi connectivity index (χ3n) is 6.32. The Hall–Kier alpha value is -4.74. The van der Waals surface area contributed by atoms with Gasteiger partial charge in [-0.25, -0.2) is 5.01 Å². The van der Waals surface area contributed by atoms with Gasteiger partial charge in [-0.2, -0.15) is 5.01 Å². The van der Waals surface area contributed by atoms with Crippen molar-refractivity contribution in [1.82, 2.24) is 10.0 Å². The third-order valence-corrected chi connectivity index (χ3v) is 6.32. The van der Waals surface area contributed by atoms with Gasteiger partial charge in [0.2, 0.25) is 0 Å². The molecule has 2 aromatic rings. The van der Waals surface area contributed by atoms with Crippen LogP contribution in [0.25, 0.3) is 0 Å². The summed E-state index contributed by atoms with van der Waals surface area (Å²) in [4.78, 5) is 73.9. The Morgan fingerprint density at radius 2 is 1.64 bits per heavy atom. The normalized spacial score (nSPS) is 20.7. The van der Waals surface area contributed by atoms with Gasteiger partial charge in [0.25, 0.3) is 29.1 Å². The summed E-state index contributed by atoms with van der Waals surface area (Å²) < 4.78 is 0. The molecule has 1 fully saturated rings. The molecule has 1 saturated heterocycles. The second-order valence-electron chi connectivity index (χ2n) is 8.54. The van der Waals surface area contributed by atoms with E-state index in [0.717, 1.165) is 35.3 Å². The number of nitro groups is 2. The number of non-ortho nitro benzene ring substituents is 2. The van der Waals surface area contributed by atoms with Crippen LogP contribution in [0.15, 0.2) is 60.7 Å². The number of imide groups is 1. The number of rotatable bonds is 7. The number of carbonyl (C=O) groups excluding carboxylic acids is 4. The van der Waals surface area contributed by atoms with E-state index in [0.29, 0.717) is 11.4 Å². The zero-order valence-electron chi connectivity index (χ0n) is 19.0. The Labute approximate surface area is 204 Å². The van der Waals surface area contributed by atoms with Gasteiger partial charge in [0.15, 0.2) is 5.78 Å². The van der Waals surface area contributed by atoms with Crippen molar-refractivity contribution < 1.29 is 29.0 Å². The third kappa shape index (κ3) is 4.35. The summed E-state index contributed by atoms with van der Waals surface area (Å²) >= 11 is 0. The van der Waals surface area contributed by atoms with E-state index in [9.17, 15) is 39.4 Å². The van der Waals surface area contributed by atoms with Crippen LogP contribution in [0, 0.1) is 38.0 Å². The number of carbonyl (C=O) groups is 4. The minimum absolute atomic E-state index is 0.0859. The molecular formula is C24H20N4O8. The molecule has 1 aliphatic heterocycles. The Balaban J connectivity index is 1.71. The summed E-state index contributed by atoms with van der Waals surface area (Å²) in [5, 5.41) is 23.5. The highest BCUT2D eigenvalue weighted by molar-refractivity contribution is 6.10. The molecule has 184 valence electrons. The average Bonchev–Trinajstić information content (AvgIpc) is 3.12. The molecule has 1 aliphatic carbocycles. The van der Waals surface area contributed by atoms with Crippen LogP contribution in [0.1, 0.15) is 34.1 Å². The molecular weight excluding hydrogens is 472 g/mol. The Morgan fingerprint density at radius 3 is 2.25 bits per heavy atom. The number of nitro benzene ring substituents is 2. The van der Waals surface area contributed by atoms with Crippen LogP contribution >= 0.6 is 0 Å². The highest BCUT2D eigenvalue weighted by atomic mass is 16.6. The van der Waals surface area contributed by atoms with Gasteiger partial charge < -0.3 is 0 Å². The first kappa shape index (κ1) is 24.4. The van der Waals surface area contributed by atoms with Crippen LogP contribution in [-0.2, 0) is 9.59 Å². The molecule has 0 aromatic heterocycles. The predicted molar refractivity (Wildman–Crippen MR) is 123 cm³/mol. The first-order valence-electron chi connectivity index (χ1n) is 11.0. The zero-order valence-corrected chi connectivity index (χ0v) is 19.0. The number of hydrogen-bond acceptors (Lipinski definition) is 8. The van der Waals surface area contributed by atoms with E-state index in [4.69, 9.17) is 0 Å². The van der Waals surface area contributed by atoms with Crippen LogP contribution in [0.3, 0.4) is 0 Å². The topological polar surface area (TPSA) is 161 Å². The van der Waals surface area contributed by atoms with E-state index in [1.54, 1.807) is 13.0 Å². The lowest BCUT2D eigenvalue weighted by atomic mass is 9.78. The summed E-state index contributed by atoms with van der Waals surface area (Å²) in [5.74, 6) is -4.58. The molecule has 0 bridgehead atoms. The van der Waals surface area contributed by atoms with Crippen LogP contribution in [0.2, 0.25) is 0 Å². The van der Waals surface area contributed by atoms with Gasteiger partial charge in [-0.3, -0.25) is 39.4 Å². The maximum atomic E-state index is 13.5. The number of Topliss-reactive ketones (excluding diaryl/α,β-unsaturated/α-hetero) is 1. The van der Waals surface area contributed by atoms with E-state index in [1.165, 1.54) is 18.2 Å². The van der Waals surface area contributed by atoms with E-state index in [-0.39, 0.29) is 28.4 Å². The van der Waals surface area contributed by atoms with E-state index >= 15 is 0 Å². The lowest BCUT2D eigenvalue weighted by Gasteiger charge is -2.30. The van der Waals surface area contributed by atoms with Crippen LogP contribution in [0.5, 0.6) is 0 Å². The molecule has 4 rings (SSSR count). The zero-order chi connectivity index (χ0) is 26.1. The van der Waals surface area contributed by atoms with Crippen LogP contribution < -0.4 is 0 Å². The number of nitrogens with zero attached hydrogens (tertiary/aromatic N) is 4. The Bertz CT molecular complexity index is 1320. The van der Waals surface area contributed by atoms with Gasteiger partial charge in [0, 0.05) is 35.4 Å². The number of ketones is 1. The molecule has 12 nitrogen and oxygen atoms in total. The molecule has 12 heteroatoms. The second kappa shape index (κ2) is 9.49. The molecule has 3 atom stereocenters. The molecule has 0 unspecified atom stereocenters. The summed E-state index contributed by atoms with van der Waals surface area (Å²) in [6, 6.07) is 9.37. The molecule has 36 heavy (non-hydrogen) atoms. The average molecular weight is 492 g/mol. The maximum absolute atomic E-state index is 13.5. The largest absolute Gasteiger partial charge is 0.292 e. The lowest BCUT2D eigenvalue weighted by molar-refractivity contribution is -0.385. The van der Waals surface area contributed by atoms with Crippen molar-refractivity contribution in [3.63, 3.8) is 0 Å². The van der Waals surface area contributed by atoms with Gasteiger partial charge in [0.05, 0.1) is 21.7 Å². The quantitative estimate of drug-likeness (QED) is 0.187. The maximum Gasteiger partial charge on any atom is 0.273 e. The van der Waals surface area contributed by atoms with E-state index in [2.05, 4.69) is 0 Å². The molecule has 0 radical (unpaired) electrons. The fourth-order valence-electron chi connectivity index (χ4n) is 4.50. The Kier molecular flexibility index (Phi) is 6.43. The number of benzene rings is 2. The number of hydrazine groups is 1. The molecule has 2 aromatic carbocycles. The predicted octanol–water partition coefficient (Wildman–Crippen LogP) is 2.94. The minimum atomic E-state index is -0.898. The van der Waals surface area contributed by atoms with Gasteiger partial charge in [-0.05, 0) is 24.5 Å². The van der Waals surface area contributed by atoms with Gasteiger partial charge >= 0.3 is 0 Å². The van der Waals surface area contributed by atoms with E-state index in [1.807, 2.05) is 6.08 Å². The van der Waals surface area contributed by atoms with Gasteiger partial charge in [-0.15, -0.1) is 0 Å². The van der Waals surface area contributed by atoms with E-state index < -0.39 is 51.7 Å². The number of allylic oxidation sites excluding steroid dienone is 2. The molecule has 0 spiro atoms. The molecule has 2 aliphatic rings. The van der Waals surface area contributed by atoms with Crippen molar-refractivity contribution >= 4 is 34.9 Å². The first-order valence-corrected chi connectivity index (χ1v) is 11.0. The first-order chi connectivity index (χ1) is 17.1. The summed E-state index contributed by atoms with van der Waals surface area (Å²) in [5.41, 5.74) is -0.787. The van der Waals surface area contributed by atoms with Gasteiger partial charge in [-0.1, -0.05) is 31.2 Å². The van der Waals surface area contributed by atoms with Crippen LogP contribution in [-0.4, -0.2) is 49.9 Å². The van der Waals surface area contributed by atoms with Crippen molar-refractivity contribution in [3.05, 3.63) is 92.0 Å². The van der Waals surface area contributed by atoms with Crippen molar-refractivity contribution in [3.8, 4) is 0 Å². The summed E-state index contributed by atoms with van der Waals surface area (Å²) in [6.45, 7) is 1.02. The van der Waals surface area contributed by atoms with Crippen molar-refractivity contribution in [2.75, 3.05) is 6.54 Å². The summed E-state index contributed by atoms with van der Waals surface area (Å²) in [7, 11) is 0.